The number of anilines is 1. The molecule has 0 saturated heterocycles. The zero-order valence-electron chi connectivity index (χ0n) is 10.4. The summed E-state index contributed by atoms with van der Waals surface area (Å²) in [5, 5.41) is 14.4. The zero-order chi connectivity index (χ0) is 14.6. The quantitative estimate of drug-likeness (QED) is 0.748. The fourth-order valence-corrected chi connectivity index (χ4v) is 1.54. The molecule has 1 aromatic carbocycles. The number of amides is 1. The van der Waals surface area contributed by atoms with Gasteiger partial charge in [0.1, 0.15) is 0 Å². The first-order chi connectivity index (χ1) is 8.81. The van der Waals surface area contributed by atoms with Crippen molar-refractivity contribution in [3.05, 3.63) is 28.8 Å². The molecule has 0 bridgehead atoms. The van der Waals surface area contributed by atoms with E-state index in [2.05, 4.69) is 10.6 Å². The molecule has 0 atom stereocenters. The van der Waals surface area contributed by atoms with Crippen molar-refractivity contribution in [3.63, 3.8) is 0 Å². The van der Waals surface area contributed by atoms with Crippen LogP contribution in [0.25, 0.3) is 0 Å². The van der Waals surface area contributed by atoms with Crippen molar-refractivity contribution < 1.29 is 14.7 Å². The fourth-order valence-electron chi connectivity index (χ4n) is 1.16. The van der Waals surface area contributed by atoms with E-state index < -0.39 is 5.97 Å². The number of nitrogens with one attached hydrogen (secondary N) is 2. The number of carbonyl (C=O) groups excluding carboxylic acids is 1. The Balaban J connectivity index is 2.81. The van der Waals surface area contributed by atoms with Crippen LogP contribution in [0.4, 0.5) is 5.69 Å². The molecule has 0 aliphatic carbocycles. The summed E-state index contributed by atoms with van der Waals surface area (Å²) >= 11 is 10.9. The van der Waals surface area contributed by atoms with E-state index in [9.17, 15) is 9.59 Å². The number of carbonyl (C=O) groups is 2. The Kier molecular flexibility index (Phi) is 5.26. The lowest BCUT2D eigenvalue weighted by molar-refractivity contribution is -0.122. The second-order valence-corrected chi connectivity index (χ2v) is 4.91. The minimum atomic E-state index is -1.07. The van der Waals surface area contributed by atoms with Crippen LogP contribution in [0.3, 0.4) is 0 Å². The molecule has 0 spiro atoms. The lowest BCUT2D eigenvalue weighted by atomic mass is 10.2. The van der Waals surface area contributed by atoms with Gasteiger partial charge in [0.05, 0.1) is 16.3 Å². The van der Waals surface area contributed by atoms with Gasteiger partial charge in [-0.2, -0.15) is 0 Å². The van der Waals surface area contributed by atoms with Crippen LogP contribution in [0.15, 0.2) is 18.2 Å². The van der Waals surface area contributed by atoms with Gasteiger partial charge in [-0.25, -0.2) is 4.79 Å². The number of hydrogen-bond acceptors (Lipinski definition) is 3. The SMILES string of the molecule is CC(C)C(=O)NC(=S)Nc1cc(C(=O)O)ccc1Cl. The predicted octanol–water partition coefficient (Wildman–Crippen LogP) is 2.51. The molecule has 0 saturated carbocycles. The molecular weight excluding hydrogens is 288 g/mol. The summed E-state index contributed by atoms with van der Waals surface area (Å²) in [6, 6.07) is 4.17. The highest BCUT2D eigenvalue weighted by Gasteiger charge is 2.11. The third kappa shape index (κ3) is 4.50. The van der Waals surface area contributed by atoms with Gasteiger partial charge in [0, 0.05) is 5.92 Å². The molecule has 0 unspecified atom stereocenters. The van der Waals surface area contributed by atoms with Crippen LogP contribution in [0.5, 0.6) is 0 Å². The van der Waals surface area contributed by atoms with E-state index in [1.54, 1.807) is 13.8 Å². The lowest BCUT2D eigenvalue weighted by Crippen LogP contribution is -2.36. The van der Waals surface area contributed by atoms with E-state index in [1.165, 1.54) is 18.2 Å². The first kappa shape index (κ1) is 15.4. The second kappa shape index (κ2) is 6.49. The van der Waals surface area contributed by atoms with Crippen molar-refractivity contribution >= 4 is 46.5 Å². The molecule has 3 N–H and O–H groups in total. The Morgan fingerprint density at radius 3 is 2.53 bits per heavy atom. The van der Waals surface area contributed by atoms with Crippen molar-refractivity contribution in [2.45, 2.75) is 13.8 Å². The Morgan fingerprint density at radius 2 is 2.00 bits per heavy atom. The number of aromatic carboxylic acids is 1. The Bertz CT molecular complexity index is 532. The smallest absolute Gasteiger partial charge is 0.335 e. The molecule has 1 amide bonds. The van der Waals surface area contributed by atoms with E-state index in [0.29, 0.717) is 10.7 Å². The van der Waals surface area contributed by atoms with E-state index in [4.69, 9.17) is 28.9 Å². The maximum absolute atomic E-state index is 11.4. The van der Waals surface area contributed by atoms with Crippen molar-refractivity contribution in [2.24, 2.45) is 5.92 Å². The third-order valence-electron chi connectivity index (χ3n) is 2.22. The summed E-state index contributed by atoms with van der Waals surface area (Å²) < 4.78 is 0. The number of carboxylic acid groups (broad SMARTS) is 1. The van der Waals surface area contributed by atoms with Gasteiger partial charge in [-0.15, -0.1) is 0 Å². The van der Waals surface area contributed by atoms with Crippen molar-refractivity contribution in [1.82, 2.24) is 5.32 Å². The van der Waals surface area contributed by atoms with Crippen molar-refractivity contribution in [3.8, 4) is 0 Å². The van der Waals surface area contributed by atoms with Crippen LogP contribution in [-0.2, 0) is 4.79 Å². The van der Waals surface area contributed by atoms with E-state index in [0.717, 1.165) is 0 Å². The molecule has 0 aliphatic rings. The standard InChI is InChI=1S/C12H13ClN2O3S/c1-6(2)10(16)15-12(19)14-9-5-7(11(17)18)3-4-8(9)13/h3-6H,1-2H3,(H,17,18)(H2,14,15,16,19). The Hall–Kier alpha value is -1.66. The molecule has 1 aromatic rings. The van der Waals surface area contributed by atoms with Gasteiger partial charge in [0.15, 0.2) is 5.11 Å². The maximum atomic E-state index is 11.4. The van der Waals surface area contributed by atoms with E-state index in [-0.39, 0.29) is 22.5 Å². The van der Waals surface area contributed by atoms with Crippen LogP contribution in [0.1, 0.15) is 24.2 Å². The maximum Gasteiger partial charge on any atom is 0.335 e. The summed E-state index contributed by atoms with van der Waals surface area (Å²) in [6.07, 6.45) is 0. The molecule has 0 aromatic heterocycles. The highest BCUT2D eigenvalue weighted by atomic mass is 35.5. The number of carboxylic acids is 1. The van der Waals surface area contributed by atoms with Crippen molar-refractivity contribution in [1.29, 1.82) is 0 Å². The van der Waals surface area contributed by atoms with Gasteiger partial charge >= 0.3 is 5.97 Å². The molecule has 0 fully saturated rings. The van der Waals surface area contributed by atoms with Crippen LogP contribution < -0.4 is 10.6 Å². The van der Waals surface area contributed by atoms with Crippen LogP contribution in [0, 0.1) is 5.92 Å². The molecular formula is C12H13ClN2O3S. The van der Waals surface area contributed by atoms with Crippen molar-refractivity contribution in [2.75, 3.05) is 5.32 Å². The van der Waals surface area contributed by atoms with Gasteiger partial charge in [0.25, 0.3) is 0 Å². The van der Waals surface area contributed by atoms with Crippen LogP contribution >= 0.6 is 23.8 Å². The average molecular weight is 301 g/mol. The lowest BCUT2D eigenvalue weighted by Gasteiger charge is -2.12. The molecule has 1 rings (SSSR count). The van der Waals surface area contributed by atoms with Gasteiger partial charge in [-0.1, -0.05) is 25.4 Å². The molecule has 0 heterocycles. The Labute approximate surface area is 121 Å². The molecule has 5 nitrogen and oxygen atoms in total. The minimum absolute atomic E-state index is 0.0724. The number of thiocarbonyl (C=S) groups is 1. The molecule has 102 valence electrons. The van der Waals surface area contributed by atoms with Gasteiger partial charge in [0.2, 0.25) is 5.91 Å². The molecule has 0 aliphatic heterocycles. The first-order valence-corrected chi connectivity index (χ1v) is 6.24. The Morgan fingerprint density at radius 1 is 1.37 bits per heavy atom. The summed E-state index contributed by atoms with van der Waals surface area (Å²) in [5.41, 5.74) is 0.403. The molecule has 0 radical (unpaired) electrons. The summed E-state index contributed by atoms with van der Waals surface area (Å²) in [4.78, 5) is 22.3. The number of halogens is 1. The number of rotatable bonds is 3. The van der Waals surface area contributed by atoms with Gasteiger partial charge in [-0.05, 0) is 30.4 Å². The highest BCUT2D eigenvalue weighted by molar-refractivity contribution is 7.80. The average Bonchev–Trinajstić information content (AvgIpc) is 2.31. The monoisotopic (exact) mass is 300 g/mol. The fraction of sp³-hybridized carbons (Fsp3) is 0.250. The van der Waals surface area contributed by atoms with Crippen LogP contribution in [0.2, 0.25) is 5.02 Å². The summed E-state index contributed by atoms with van der Waals surface area (Å²) in [5.74, 6) is -1.51. The summed E-state index contributed by atoms with van der Waals surface area (Å²) in [7, 11) is 0. The third-order valence-corrected chi connectivity index (χ3v) is 2.76. The minimum Gasteiger partial charge on any atom is -0.478 e. The molecule has 7 heteroatoms. The number of hydrogen-bond donors (Lipinski definition) is 3. The topological polar surface area (TPSA) is 78.4 Å². The summed E-state index contributed by atoms with van der Waals surface area (Å²) in [6.45, 7) is 3.46. The number of benzene rings is 1. The second-order valence-electron chi connectivity index (χ2n) is 4.10. The van der Waals surface area contributed by atoms with E-state index >= 15 is 0 Å². The predicted molar refractivity (Wildman–Crippen MR) is 77.6 cm³/mol. The normalized spacial score (nSPS) is 10.1. The first-order valence-electron chi connectivity index (χ1n) is 5.46. The zero-order valence-corrected chi connectivity index (χ0v) is 11.9. The van der Waals surface area contributed by atoms with E-state index in [1.807, 2.05) is 0 Å². The largest absolute Gasteiger partial charge is 0.478 e. The van der Waals surface area contributed by atoms with Crippen LogP contribution in [-0.4, -0.2) is 22.1 Å². The molecule has 19 heavy (non-hydrogen) atoms. The highest BCUT2D eigenvalue weighted by Crippen LogP contribution is 2.23. The van der Waals surface area contributed by atoms with Gasteiger partial charge in [-0.3, -0.25) is 4.79 Å². The van der Waals surface area contributed by atoms with Gasteiger partial charge < -0.3 is 15.7 Å².